The molecule has 43 heavy (non-hydrogen) atoms. The SMILES string of the molecule is CC1=CC2C3C(C4C=CC=CC4C3[Si](C)(CCCCCCOC(C)(C)C)C3CCCC3)N(Cc3ccccc3F)C2C=C1. The van der Waals surface area contributed by atoms with E-state index in [9.17, 15) is 0 Å². The third-order valence-corrected chi connectivity index (χ3v) is 18.1. The van der Waals surface area contributed by atoms with Crippen molar-refractivity contribution in [2.75, 3.05) is 6.61 Å². The second-order valence-corrected chi connectivity index (χ2v) is 20.7. The van der Waals surface area contributed by atoms with Gasteiger partial charge in [0, 0.05) is 36.7 Å². The summed E-state index contributed by atoms with van der Waals surface area (Å²) in [7, 11) is -1.68. The van der Waals surface area contributed by atoms with E-state index in [0.29, 0.717) is 42.3 Å². The average Bonchev–Trinajstić information content (AvgIpc) is 3.70. The molecule has 6 rings (SSSR count). The standard InChI is InChI=1S/C39H56FNOSi/c1-28-22-23-35-33(26-28)36-37(41(35)27-29-16-8-13-21-34(29)40)31-19-11-12-20-32(31)38(36)43(5,30-17-9-10-18-30)25-15-7-6-14-24-42-39(2,3)4/h8,11-13,16,19-23,26,30-33,35-38H,6-7,9-10,14-15,17-18,24-25,27H2,1-5H3. The van der Waals surface area contributed by atoms with Crippen molar-refractivity contribution in [3.8, 4) is 0 Å². The van der Waals surface area contributed by atoms with Crippen molar-refractivity contribution in [1.82, 2.24) is 4.90 Å². The van der Waals surface area contributed by atoms with Gasteiger partial charge >= 0.3 is 0 Å². The largest absolute Gasteiger partial charge is 0.376 e. The molecule has 8 unspecified atom stereocenters. The van der Waals surface area contributed by atoms with E-state index in [1.807, 2.05) is 18.2 Å². The third-order valence-electron chi connectivity index (χ3n) is 12.0. The summed E-state index contributed by atoms with van der Waals surface area (Å²) in [6, 6.07) is 9.79. The molecule has 4 heteroatoms. The highest BCUT2D eigenvalue weighted by Crippen LogP contribution is 2.66. The summed E-state index contributed by atoms with van der Waals surface area (Å²) in [5, 5.41) is 0. The molecule has 0 amide bonds. The quantitative estimate of drug-likeness (QED) is 0.185. The fourth-order valence-electron chi connectivity index (χ4n) is 10.2. The molecule has 1 aliphatic heterocycles. The smallest absolute Gasteiger partial charge is 0.127 e. The Morgan fingerprint density at radius 3 is 2.40 bits per heavy atom. The number of hydrogen-bond acceptors (Lipinski definition) is 2. The van der Waals surface area contributed by atoms with Crippen LogP contribution in [0, 0.1) is 29.5 Å². The van der Waals surface area contributed by atoms with E-state index in [0.717, 1.165) is 23.3 Å². The normalized spacial score (nSPS) is 33.3. The molecule has 4 aliphatic carbocycles. The lowest BCUT2D eigenvalue weighted by Gasteiger charge is -2.46. The van der Waals surface area contributed by atoms with Crippen molar-refractivity contribution in [1.29, 1.82) is 0 Å². The molecule has 1 heterocycles. The van der Waals surface area contributed by atoms with E-state index < -0.39 is 8.07 Å². The van der Waals surface area contributed by atoms with Gasteiger partial charge in [-0.25, -0.2) is 4.39 Å². The molecule has 2 saturated carbocycles. The second-order valence-electron chi connectivity index (χ2n) is 15.7. The molecule has 234 valence electrons. The van der Waals surface area contributed by atoms with E-state index in [4.69, 9.17) is 4.74 Å². The molecule has 1 saturated heterocycles. The van der Waals surface area contributed by atoms with Crippen molar-refractivity contribution in [3.05, 3.63) is 83.8 Å². The number of rotatable bonds is 11. The molecule has 0 N–H and O–H groups in total. The second kappa shape index (κ2) is 12.9. The van der Waals surface area contributed by atoms with Gasteiger partial charge in [-0.1, -0.05) is 124 Å². The number of halogens is 1. The van der Waals surface area contributed by atoms with Gasteiger partial charge in [-0.15, -0.1) is 0 Å². The molecule has 0 aromatic heterocycles. The highest BCUT2D eigenvalue weighted by atomic mass is 28.3. The van der Waals surface area contributed by atoms with Crippen LogP contribution in [0.15, 0.2) is 72.4 Å². The molecule has 1 aromatic carbocycles. The molecule has 0 radical (unpaired) electrons. The molecular weight excluding hydrogens is 546 g/mol. The number of unbranched alkanes of at least 4 members (excludes halogenated alkanes) is 3. The van der Waals surface area contributed by atoms with Crippen LogP contribution < -0.4 is 0 Å². The summed E-state index contributed by atoms with van der Waals surface area (Å²) in [5.41, 5.74) is 3.96. The number of benzene rings is 1. The van der Waals surface area contributed by atoms with Crippen molar-refractivity contribution in [2.45, 2.75) is 127 Å². The molecule has 8 atom stereocenters. The molecule has 5 aliphatic rings. The predicted molar refractivity (Wildman–Crippen MR) is 181 cm³/mol. The van der Waals surface area contributed by atoms with Gasteiger partial charge in [-0.2, -0.15) is 0 Å². The Morgan fingerprint density at radius 1 is 0.930 bits per heavy atom. The zero-order valence-corrected chi connectivity index (χ0v) is 28.5. The number of allylic oxidation sites excluding steroid dienone is 5. The lowest BCUT2D eigenvalue weighted by molar-refractivity contribution is -0.00471. The van der Waals surface area contributed by atoms with Crippen molar-refractivity contribution < 1.29 is 9.13 Å². The average molecular weight is 602 g/mol. The van der Waals surface area contributed by atoms with Gasteiger partial charge in [0.2, 0.25) is 0 Å². The van der Waals surface area contributed by atoms with Crippen molar-refractivity contribution >= 4 is 8.07 Å². The van der Waals surface area contributed by atoms with Crippen LogP contribution >= 0.6 is 0 Å². The Hall–Kier alpha value is -1.75. The number of ether oxygens (including phenoxy) is 1. The van der Waals surface area contributed by atoms with Crippen LogP contribution in [0.2, 0.25) is 23.7 Å². The first-order valence-electron chi connectivity index (χ1n) is 17.5. The van der Waals surface area contributed by atoms with Crippen LogP contribution in [0.3, 0.4) is 0 Å². The zero-order valence-electron chi connectivity index (χ0n) is 27.5. The number of likely N-dealkylation sites (tertiary alicyclic amines) is 1. The van der Waals surface area contributed by atoms with Gasteiger partial charge < -0.3 is 4.74 Å². The Balaban J connectivity index is 1.30. The minimum absolute atomic E-state index is 0.0358. The minimum atomic E-state index is -1.68. The molecule has 0 spiro atoms. The van der Waals surface area contributed by atoms with Gasteiger partial charge in [0.1, 0.15) is 5.82 Å². The number of nitrogens with zero attached hydrogens (tertiary/aromatic N) is 1. The molecule has 1 aromatic rings. The maximum absolute atomic E-state index is 15.1. The first-order chi connectivity index (χ1) is 20.7. The van der Waals surface area contributed by atoms with Crippen LogP contribution in [-0.2, 0) is 11.3 Å². The molecular formula is C39H56FNOSi. The fraction of sp³-hybridized carbons (Fsp3) is 0.641. The van der Waals surface area contributed by atoms with Crippen LogP contribution in [0.25, 0.3) is 0 Å². The molecule has 3 fully saturated rings. The van der Waals surface area contributed by atoms with Crippen LogP contribution in [0.5, 0.6) is 0 Å². The summed E-state index contributed by atoms with van der Waals surface area (Å²) in [5.74, 6) is 2.28. The van der Waals surface area contributed by atoms with E-state index in [-0.39, 0.29) is 11.4 Å². The fourth-order valence-corrected chi connectivity index (χ4v) is 16.7. The van der Waals surface area contributed by atoms with Gasteiger partial charge in [0.25, 0.3) is 0 Å². The van der Waals surface area contributed by atoms with Crippen LogP contribution in [-0.4, -0.2) is 37.3 Å². The highest BCUT2D eigenvalue weighted by molar-refractivity contribution is 6.81. The van der Waals surface area contributed by atoms with Crippen LogP contribution in [0.1, 0.15) is 84.6 Å². The first kappa shape index (κ1) is 31.2. The Bertz CT molecular complexity index is 1240. The maximum Gasteiger partial charge on any atom is 0.127 e. The molecule has 0 bridgehead atoms. The Kier molecular flexibility index (Phi) is 9.39. The monoisotopic (exact) mass is 601 g/mol. The lowest BCUT2D eigenvalue weighted by atomic mass is 9.82. The van der Waals surface area contributed by atoms with Crippen molar-refractivity contribution in [2.24, 2.45) is 23.7 Å². The minimum Gasteiger partial charge on any atom is -0.376 e. The van der Waals surface area contributed by atoms with E-state index in [1.54, 1.807) is 6.07 Å². The number of hydrogen-bond donors (Lipinski definition) is 0. The maximum atomic E-state index is 15.1. The summed E-state index contributed by atoms with van der Waals surface area (Å²) in [6.07, 6.45) is 28.2. The Morgan fingerprint density at radius 2 is 1.65 bits per heavy atom. The summed E-state index contributed by atoms with van der Waals surface area (Å²) < 4.78 is 21.1. The predicted octanol–water partition coefficient (Wildman–Crippen LogP) is 10.3. The summed E-state index contributed by atoms with van der Waals surface area (Å²) >= 11 is 0. The van der Waals surface area contributed by atoms with Gasteiger partial charge in [0.15, 0.2) is 0 Å². The third kappa shape index (κ3) is 6.36. The van der Waals surface area contributed by atoms with Crippen LogP contribution in [0.4, 0.5) is 4.39 Å². The molecule has 2 nitrogen and oxygen atoms in total. The van der Waals surface area contributed by atoms with Gasteiger partial charge in [-0.05, 0) is 69.0 Å². The van der Waals surface area contributed by atoms with E-state index in [2.05, 4.69) is 81.7 Å². The zero-order chi connectivity index (χ0) is 30.2. The summed E-state index contributed by atoms with van der Waals surface area (Å²) in [4.78, 5) is 2.74. The van der Waals surface area contributed by atoms with E-state index >= 15 is 4.39 Å². The lowest BCUT2D eigenvalue weighted by Crippen LogP contribution is -2.46. The van der Waals surface area contributed by atoms with Crippen molar-refractivity contribution in [3.63, 3.8) is 0 Å². The highest BCUT2D eigenvalue weighted by Gasteiger charge is 2.65. The topological polar surface area (TPSA) is 12.5 Å². The first-order valence-corrected chi connectivity index (χ1v) is 20.4. The van der Waals surface area contributed by atoms with E-state index in [1.165, 1.54) is 63.0 Å². The summed E-state index contributed by atoms with van der Waals surface area (Å²) in [6.45, 7) is 13.2. The number of fused-ring (bicyclic) bond motifs is 5. The van der Waals surface area contributed by atoms with Gasteiger partial charge in [0.05, 0.1) is 13.7 Å². The Labute approximate surface area is 262 Å². The van der Waals surface area contributed by atoms with Gasteiger partial charge in [-0.3, -0.25) is 4.90 Å².